The molecule has 2 aliphatic rings. The molecule has 2 heterocycles. The first-order valence-electron chi connectivity index (χ1n) is 4.89. The van der Waals surface area contributed by atoms with Crippen LogP contribution >= 0.6 is 11.8 Å². The molecule has 0 aromatic rings. The number of rotatable bonds is 2. The first-order chi connectivity index (χ1) is 6.81. The molecule has 1 amide bonds. The van der Waals surface area contributed by atoms with Gasteiger partial charge in [0.1, 0.15) is 18.0 Å². The van der Waals surface area contributed by atoms with Gasteiger partial charge < -0.3 is 10.1 Å². The summed E-state index contributed by atoms with van der Waals surface area (Å²) in [6.45, 7) is 2.72. The predicted octanol–water partition coefficient (Wildman–Crippen LogP) is 0.425. The lowest BCUT2D eigenvalue weighted by molar-refractivity contribution is -0.120. The SMILES string of the molecule is CCC1N=C(C2CSCCO2)NC1=O. The zero-order chi connectivity index (χ0) is 9.97. The highest BCUT2D eigenvalue weighted by Gasteiger charge is 2.30. The van der Waals surface area contributed by atoms with Gasteiger partial charge in [-0.2, -0.15) is 11.8 Å². The van der Waals surface area contributed by atoms with Crippen molar-refractivity contribution >= 4 is 23.5 Å². The second-order valence-corrected chi connectivity index (χ2v) is 4.51. The van der Waals surface area contributed by atoms with Gasteiger partial charge >= 0.3 is 0 Å². The summed E-state index contributed by atoms with van der Waals surface area (Å²) in [5, 5.41) is 2.80. The van der Waals surface area contributed by atoms with Crippen LogP contribution in [0.3, 0.4) is 0 Å². The fraction of sp³-hybridized carbons (Fsp3) is 0.778. The number of amides is 1. The number of nitrogens with zero attached hydrogens (tertiary/aromatic N) is 1. The molecule has 0 aromatic carbocycles. The summed E-state index contributed by atoms with van der Waals surface area (Å²) < 4.78 is 5.54. The summed E-state index contributed by atoms with van der Waals surface area (Å²) in [6, 6.07) is -0.194. The highest BCUT2D eigenvalue weighted by atomic mass is 32.2. The van der Waals surface area contributed by atoms with Crippen molar-refractivity contribution in [2.45, 2.75) is 25.5 Å². The fourth-order valence-corrected chi connectivity index (χ4v) is 2.40. The maximum Gasteiger partial charge on any atom is 0.250 e. The third-order valence-corrected chi connectivity index (χ3v) is 3.35. The standard InChI is InChI=1S/C9H14N2O2S/c1-2-6-9(12)11-8(10-6)7-5-14-4-3-13-7/h6-7H,2-5H2,1H3,(H,10,11,12). The number of hydrogen-bond donors (Lipinski definition) is 1. The quantitative estimate of drug-likeness (QED) is 0.725. The topological polar surface area (TPSA) is 50.7 Å². The molecule has 4 nitrogen and oxygen atoms in total. The number of hydrogen-bond acceptors (Lipinski definition) is 4. The minimum atomic E-state index is -0.194. The number of thioether (sulfide) groups is 1. The van der Waals surface area contributed by atoms with E-state index in [2.05, 4.69) is 10.3 Å². The average molecular weight is 214 g/mol. The van der Waals surface area contributed by atoms with E-state index in [1.54, 1.807) is 0 Å². The summed E-state index contributed by atoms with van der Waals surface area (Å²) in [6.07, 6.45) is 0.754. The molecule has 5 heteroatoms. The molecular formula is C9H14N2O2S. The highest BCUT2D eigenvalue weighted by molar-refractivity contribution is 7.99. The summed E-state index contributed by atoms with van der Waals surface area (Å²) in [7, 11) is 0. The molecule has 2 aliphatic heterocycles. The van der Waals surface area contributed by atoms with Crippen molar-refractivity contribution in [2.75, 3.05) is 18.1 Å². The molecule has 2 atom stereocenters. The average Bonchev–Trinajstić information content (AvgIpc) is 2.61. The Labute approximate surface area is 87.5 Å². The van der Waals surface area contributed by atoms with Gasteiger partial charge in [0.2, 0.25) is 5.91 Å². The number of ether oxygens (including phenoxy) is 1. The molecule has 0 aromatic heterocycles. The minimum Gasteiger partial charge on any atom is -0.369 e. The van der Waals surface area contributed by atoms with Gasteiger partial charge in [-0.05, 0) is 6.42 Å². The Morgan fingerprint density at radius 3 is 3.14 bits per heavy atom. The molecule has 1 fully saturated rings. The molecule has 2 rings (SSSR count). The van der Waals surface area contributed by atoms with Crippen molar-refractivity contribution in [2.24, 2.45) is 4.99 Å². The van der Waals surface area contributed by atoms with E-state index in [1.807, 2.05) is 18.7 Å². The Bertz CT molecular complexity index is 262. The van der Waals surface area contributed by atoms with E-state index >= 15 is 0 Å². The van der Waals surface area contributed by atoms with E-state index in [4.69, 9.17) is 4.74 Å². The second kappa shape index (κ2) is 4.31. The summed E-state index contributed by atoms with van der Waals surface area (Å²) in [4.78, 5) is 15.7. The van der Waals surface area contributed by atoms with E-state index in [0.29, 0.717) is 0 Å². The monoisotopic (exact) mass is 214 g/mol. The zero-order valence-corrected chi connectivity index (χ0v) is 8.97. The van der Waals surface area contributed by atoms with Crippen LogP contribution in [0.25, 0.3) is 0 Å². The van der Waals surface area contributed by atoms with Gasteiger partial charge in [-0.25, -0.2) is 0 Å². The smallest absolute Gasteiger partial charge is 0.250 e. The third kappa shape index (κ3) is 1.93. The normalized spacial score (nSPS) is 32.6. The lowest BCUT2D eigenvalue weighted by Crippen LogP contribution is -2.40. The molecule has 1 N–H and O–H groups in total. The van der Waals surface area contributed by atoms with Gasteiger partial charge in [0.05, 0.1) is 6.61 Å². The van der Waals surface area contributed by atoms with Crippen LogP contribution in [0.15, 0.2) is 4.99 Å². The van der Waals surface area contributed by atoms with E-state index in [9.17, 15) is 4.79 Å². The van der Waals surface area contributed by atoms with Crippen LogP contribution in [0.4, 0.5) is 0 Å². The van der Waals surface area contributed by atoms with Crippen LogP contribution in [0.1, 0.15) is 13.3 Å². The Balaban J connectivity index is 2.00. The van der Waals surface area contributed by atoms with Crippen LogP contribution in [-0.2, 0) is 9.53 Å². The first kappa shape index (κ1) is 9.98. The highest BCUT2D eigenvalue weighted by Crippen LogP contribution is 2.16. The largest absolute Gasteiger partial charge is 0.369 e. The first-order valence-corrected chi connectivity index (χ1v) is 6.04. The van der Waals surface area contributed by atoms with E-state index in [0.717, 1.165) is 30.4 Å². The lowest BCUT2D eigenvalue weighted by Gasteiger charge is -2.21. The second-order valence-electron chi connectivity index (χ2n) is 3.36. The molecule has 0 spiro atoms. The Morgan fingerprint density at radius 1 is 1.71 bits per heavy atom. The van der Waals surface area contributed by atoms with Crippen molar-refractivity contribution in [3.05, 3.63) is 0 Å². The molecular weight excluding hydrogens is 200 g/mol. The van der Waals surface area contributed by atoms with Gasteiger partial charge in [-0.3, -0.25) is 9.79 Å². The molecule has 2 unspecified atom stereocenters. The van der Waals surface area contributed by atoms with E-state index < -0.39 is 0 Å². The zero-order valence-electron chi connectivity index (χ0n) is 8.16. The molecule has 14 heavy (non-hydrogen) atoms. The van der Waals surface area contributed by atoms with Crippen molar-refractivity contribution in [1.29, 1.82) is 0 Å². The maximum absolute atomic E-state index is 11.4. The van der Waals surface area contributed by atoms with Crippen molar-refractivity contribution in [1.82, 2.24) is 5.32 Å². The fourth-order valence-electron chi connectivity index (χ4n) is 1.55. The van der Waals surface area contributed by atoms with Gasteiger partial charge in [0.15, 0.2) is 0 Å². The molecule has 0 aliphatic carbocycles. The van der Waals surface area contributed by atoms with Crippen molar-refractivity contribution < 1.29 is 9.53 Å². The number of carbonyl (C=O) groups excluding carboxylic acids is 1. The lowest BCUT2D eigenvalue weighted by atomic mass is 10.2. The molecule has 0 bridgehead atoms. The predicted molar refractivity (Wildman–Crippen MR) is 56.7 cm³/mol. The molecule has 0 radical (unpaired) electrons. The summed E-state index contributed by atoms with van der Waals surface area (Å²) in [5.41, 5.74) is 0. The van der Waals surface area contributed by atoms with Crippen molar-refractivity contribution in [3.8, 4) is 0 Å². The van der Waals surface area contributed by atoms with Gasteiger partial charge in [-0.15, -0.1) is 0 Å². The number of amidine groups is 1. The summed E-state index contributed by atoms with van der Waals surface area (Å²) >= 11 is 1.84. The number of aliphatic imine (C=N–C) groups is 1. The number of carbonyl (C=O) groups is 1. The van der Waals surface area contributed by atoms with Gasteiger partial charge in [0, 0.05) is 11.5 Å². The molecule has 78 valence electrons. The Kier molecular flexibility index (Phi) is 3.08. The van der Waals surface area contributed by atoms with Gasteiger partial charge in [0.25, 0.3) is 0 Å². The van der Waals surface area contributed by atoms with Gasteiger partial charge in [-0.1, -0.05) is 6.92 Å². The van der Waals surface area contributed by atoms with E-state index in [1.165, 1.54) is 0 Å². The number of nitrogens with one attached hydrogen (secondary N) is 1. The van der Waals surface area contributed by atoms with Crippen molar-refractivity contribution in [3.63, 3.8) is 0 Å². The minimum absolute atomic E-state index is 0.00532. The van der Waals surface area contributed by atoms with Crippen LogP contribution in [0, 0.1) is 0 Å². The van der Waals surface area contributed by atoms with Crippen LogP contribution < -0.4 is 5.32 Å². The van der Waals surface area contributed by atoms with E-state index in [-0.39, 0.29) is 18.1 Å². The Morgan fingerprint density at radius 2 is 2.57 bits per heavy atom. The maximum atomic E-state index is 11.4. The molecule has 0 saturated carbocycles. The summed E-state index contributed by atoms with van der Waals surface area (Å²) in [5.74, 6) is 2.68. The van der Waals surface area contributed by atoms with Crippen LogP contribution in [0.5, 0.6) is 0 Å². The van der Waals surface area contributed by atoms with Crippen LogP contribution in [0.2, 0.25) is 0 Å². The molecule has 1 saturated heterocycles. The van der Waals surface area contributed by atoms with Crippen LogP contribution in [-0.4, -0.2) is 42.0 Å². The third-order valence-electron chi connectivity index (χ3n) is 2.36. The Hall–Kier alpha value is -0.550.